The van der Waals surface area contributed by atoms with Crippen LogP contribution in [0.1, 0.15) is 228 Å². The third-order valence-corrected chi connectivity index (χ3v) is 19.9. The average molecular weight is 1330 g/mol. The number of fused-ring (bicyclic) bond motifs is 6. The van der Waals surface area contributed by atoms with E-state index in [0.717, 1.165) is 62.5 Å². The number of aromatic hydroxyl groups is 2. The first-order valence-electron chi connectivity index (χ1n) is 33.2. The first-order chi connectivity index (χ1) is 42.8. The minimum Gasteiger partial charge on any atom is -0.507 e. The number of benzene rings is 8. The van der Waals surface area contributed by atoms with Crippen LogP contribution in [-0.4, -0.2) is 28.0 Å². The zero-order valence-electron chi connectivity index (χ0n) is 59.3. The number of rotatable bonds is 14. The second-order valence-corrected chi connectivity index (χ2v) is 36.2. The highest BCUT2D eigenvalue weighted by molar-refractivity contribution is 6.37. The first kappa shape index (κ1) is 69.7. The van der Waals surface area contributed by atoms with Gasteiger partial charge in [-0.1, -0.05) is 253 Å². The van der Waals surface area contributed by atoms with E-state index in [9.17, 15) is 10.2 Å². The molecule has 1 heterocycles. The summed E-state index contributed by atoms with van der Waals surface area (Å²) in [4.78, 5) is 0. The fraction of sp³-hybridized carbons (Fsp3) is 0.429. The van der Waals surface area contributed by atoms with Crippen LogP contribution in [0.15, 0.2) is 121 Å². The fourth-order valence-corrected chi connectivity index (χ4v) is 15.8. The van der Waals surface area contributed by atoms with Gasteiger partial charge in [0.25, 0.3) is 0 Å². The summed E-state index contributed by atoms with van der Waals surface area (Å²) in [7, 11) is 0. The maximum absolute atomic E-state index is 13.2. The van der Waals surface area contributed by atoms with Gasteiger partial charge in [-0.15, -0.1) is 0 Å². The highest BCUT2D eigenvalue weighted by Gasteiger charge is 2.38. The molecule has 10 rings (SSSR count). The smallest absolute Gasteiger partial charge is 0.147 e. The van der Waals surface area contributed by atoms with Crippen LogP contribution in [0, 0.1) is 10.8 Å². The monoisotopic (exact) mass is 1330 g/mol. The Kier molecular flexibility index (Phi) is 18.4. The molecular formula is C84H99Cl4NO4. The van der Waals surface area contributed by atoms with Crippen molar-refractivity contribution < 1.29 is 19.7 Å². The molecule has 0 spiro atoms. The maximum Gasteiger partial charge on any atom is 0.147 e. The molecular weight excluding hydrogens is 1230 g/mol. The lowest BCUT2D eigenvalue weighted by atomic mass is 9.70. The summed E-state index contributed by atoms with van der Waals surface area (Å²) >= 11 is 28.5. The van der Waals surface area contributed by atoms with Crippen LogP contribution >= 0.6 is 46.4 Å². The molecule has 0 fully saturated rings. The number of aromatic nitrogens is 1. The third kappa shape index (κ3) is 14.3. The summed E-state index contributed by atoms with van der Waals surface area (Å²) < 4.78 is 15.9. The van der Waals surface area contributed by atoms with Gasteiger partial charge >= 0.3 is 0 Å². The molecule has 492 valence electrons. The zero-order chi connectivity index (χ0) is 68.4. The van der Waals surface area contributed by atoms with Gasteiger partial charge in [-0.05, 0) is 179 Å². The maximum atomic E-state index is 13.2. The molecule has 1 aliphatic rings. The standard InChI is InChI=1S/C84H99Cl4NO4/c1-77(2,3)46-83(19,20)52-38-62(73(90)66(40-52)72-56-28-24-48(79(7,8)9)34-58(56)59-35-49(80(10,11)12)25-29-57(59)72)64-42-54(85)44-67(87)75(64)92-32-23-33-93-76-65(43-55(86)45-68(76)88)63-39-53(84(21,22)47-78(4,5)6)41-71(74(63)91)89-69-30-26-50(81(13,14)15)36-60(69)61-37-51(82(16,17)18)27-31-70(61)89/h24-31,34-45,72,90-91H,23,32-33,46-47H2,1-22H3. The minimum absolute atomic E-state index is 0.00840. The van der Waals surface area contributed by atoms with E-state index in [4.69, 9.17) is 55.9 Å². The molecule has 8 aromatic carbocycles. The molecule has 5 nitrogen and oxygen atoms in total. The Hall–Kier alpha value is -6.08. The van der Waals surface area contributed by atoms with Crippen molar-refractivity contribution in [2.75, 3.05) is 13.2 Å². The van der Waals surface area contributed by atoms with Crippen LogP contribution in [0.5, 0.6) is 23.0 Å². The van der Waals surface area contributed by atoms with Gasteiger partial charge < -0.3 is 24.3 Å². The third-order valence-electron chi connectivity index (χ3n) is 18.9. The SMILES string of the molecule is CC(C)(C)CC(C)(C)c1cc(-c2cc(Cl)cc(Cl)c2OCCCOc2c(Cl)cc(Cl)cc2-c2cc(C(C)(C)CC(C)(C)C)cc(-n3c4ccc(C(C)(C)C)cc4c4cc(C(C)(C)C)ccc43)c2O)c(O)c(C2c3ccc(C(C)(C)C)cc3-c3cc(C(C)(C)C)ccc32)c1. The minimum atomic E-state index is -0.349. The van der Waals surface area contributed by atoms with Crippen molar-refractivity contribution in [3.05, 3.63) is 191 Å². The molecule has 9 heteroatoms. The van der Waals surface area contributed by atoms with Crippen molar-refractivity contribution >= 4 is 68.2 Å². The van der Waals surface area contributed by atoms with Crippen molar-refractivity contribution in [2.24, 2.45) is 10.8 Å². The molecule has 0 radical (unpaired) electrons. The number of phenols is 2. The number of ether oxygens (including phenoxy) is 2. The van der Waals surface area contributed by atoms with Crippen LogP contribution in [0.3, 0.4) is 0 Å². The van der Waals surface area contributed by atoms with Gasteiger partial charge in [0.1, 0.15) is 23.0 Å². The Morgan fingerprint density at radius 2 is 0.720 bits per heavy atom. The van der Waals surface area contributed by atoms with Gasteiger partial charge in [0.15, 0.2) is 0 Å². The van der Waals surface area contributed by atoms with Gasteiger partial charge in [0, 0.05) is 61.0 Å². The highest BCUT2D eigenvalue weighted by Crippen LogP contribution is 2.56. The lowest BCUT2D eigenvalue weighted by molar-refractivity contribution is 0.248. The molecule has 0 saturated carbocycles. The number of phenolic OH excluding ortho intramolecular Hbond substituents is 2. The van der Waals surface area contributed by atoms with Crippen molar-refractivity contribution in [3.63, 3.8) is 0 Å². The van der Waals surface area contributed by atoms with E-state index in [0.29, 0.717) is 66.0 Å². The molecule has 0 bridgehead atoms. The van der Waals surface area contributed by atoms with Crippen molar-refractivity contribution in [1.82, 2.24) is 4.57 Å². The van der Waals surface area contributed by atoms with Crippen LogP contribution in [0.25, 0.3) is 60.9 Å². The topological polar surface area (TPSA) is 63.9 Å². The Balaban J connectivity index is 1.05. The van der Waals surface area contributed by atoms with E-state index in [1.807, 2.05) is 12.1 Å². The number of nitrogens with zero attached hydrogens (tertiary/aromatic N) is 1. The summed E-state index contributed by atoms with van der Waals surface area (Å²) in [5.41, 5.74) is 16.5. The van der Waals surface area contributed by atoms with Crippen molar-refractivity contribution in [3.8, 4) is 62.1 Å². The summed E-state index contributed by atoms with van der Waals surface area (Å²) in [6.07, 6.45) is 2.14. The zero-order valence-corrected chi connectivity index (χ0v) is 62.4. The predicted octanol–water partition coefficient (Wildman–Crippen LogP) is 25.8. The van der Waals surface area contributed by atoms with Gasteiger partial charge in [0.05, 0.1) is 40.0 Å². The first-order valence-corrected chi connectivity index (χ1v) is 34.7. The molecule has 9 aromatic rings. The molecule has 1 aromatic heterocycles. The Morgan fingerprint density at radius 3 is 1.11 bits per heavy atom. The van der Waals surface area contributed by atoms with E-state index >= 15 is 0 Å². The molecule has 0 aliphatic heterocycles. The fourth-order valence-electron chi connectivity index (χ4n) is 14.7. The van der Waals surface area contributed by atoms with Gasteiger partial charge in [0.2, 0.25) is 0 Å². The van der Waals surface area contributed by atoms with Crippen LogP contribution in [0.4, 0.5) is 0 Å². The lowest BCUT2D eigenvalue weighted by Crippen LogP contribution is -2.25. The van der Waals surface area contributed by atoms with E-state index in [1.54, 1.807) is 12.1 Å². The van der Waals surface area contributed by atoms with Crippen LogP contribution in [-0.2, 0) is 32.5 Å². The second kappa shape index (κ2) is 24.5. The number of hydrogen-bond donors (Lipinski definition) is 2. The molecule has 0 saturated heterocycles. The van der Waals surface area contributed by atoms with E-state index < -0.39 is 0 Å². The number of halogens is 4. The normalized spacial score (nSPS) is 13.7. The number of hydrogen-bond acceptors (Lipinski definition) is 4. The highest BCUT2D eigenvalue weighted by atomic mass is 35.5. The van der Waals surface area contributed by atoms with Gasteiger partial charge in [-0.3, -0.25) is 0 Å². The summed E-state index contributed by atoms with van der Waals surface area (Å²) in [6.45, 7) is 50.2. The molecule has 2 N–H and O–H groups in total. The molecule has 0 amide bonds. The molecule has 0 atom stereocenters. The van der Waals surface area contributed by atoms with Crippen LogP contribution < -0.4 is 9.47 Å². The molecule has 0 unspecified atom stereocenters. The molecule has 93 heavy (non-hydrogen) atoms. The summed E-state index contributed by atoms with van der Waals surface area (Å²) in [6, 6.07) is 43.0. The van der Waals surface area contributed by atoms with Gasteiger partial charge in [-0.2, -0.15) is 0 Å². The van der Waals surface area contributed by atoms with Crippen molar-refractivity contribution in [2.45, 2.75) is 210 Å². The Labute approximate surface area is 576 Å². The molecule has 1 aliphatic carbocycles. The Bertz CT molecular complexity index is 4250. The largest absolute Gasteiger partial charge is 0.507 e. The summed E-state index contributed by atoms with van der Waals surface area (Å²) in [5, 5.41) is 30.1. The van der Waals surface area contributed by atoms with E-state index in [-0.39, 0.29) is 74.0 Å². The summed E-state index contributed by atoms with van der Waals surface area (Å²) in [5.74, 6) is 0.730. The predicted molar refractivity (Wildman–Crippen MR) is 399 cm³/mol. The van der Waals surface area contributed by atoms with Crippen LogP contribution in [0.2, 0.25) is 20.1 Å². The van der Waals surface area contributed by atoms with Gasteiger partial charge in [-0.25, -0.2) is 0 Å². The van der Waals surface area contributed by atoms with Crippen molar-refractivity contribution in [1.29, 1.82) is 0 Å². The van der Waals surface area contributed by atoms with E-state index in [1.165, 1.54) is 33.4 Å². The lowest BCUT2D eigenvalue weighted by Gasteiger charge is -2.34. The average Bonchev–Trinajstić information content (AvgIpc) is 1.62. The quantitative estimate of drug-likeness (QED) is 0.107. The second-order valence-electron chi connectivity index (χ2n) is 34.5. The van der Waals surface area contributed by atoms with E-state index in [2.05, 4.69) is 254 Å². The Morgan fingerprint density at radius 1 is 0.366 bits per heavy atom.